The average molecular weight is 498 g/mol. The van der Waals surface area contributed by atoms with Crippen LogP contribution in [0.1, 0.15) is 48.3 Å². The molecule has 2 fully saturated rings. The number of nitrogens with one attached hydrogen (secondary N) is 1. The van der Waals surface area contributed by atoms with E-state index in [0.717, 1.165) is 37.4 Å². The van der Waals surface area contributed by atoms with Crippen molar-refractivity contribution in [3.63, 3.8) is 0 Å². The van der Waals surface area contributed by atoms with E-state index in [-0.39, 0.29) is 0 Å². The molecule has 0 bridgehead atoms. The highest BCUT2D eigenvalue weighted by atomic mass is 32.1. The molecule has 1 atom stereocenters. The quantitative estimate of drug-likeness (QED) is 0.520. The largest absolute Gasteiger partial charge is 0.497 e. The lowest BCUT2D eigenvalue weighted by molar-refractivity contribution is -0.112. The minimum atomic E-state index is -1.07. The Labute approximate surface area is 214 Å². The molecule has 0 saturated carbocycles. The van der Waals surface area contributed by atoms with Gasteiger partial charge >= 0.3 is 0 Å². The number of ether oxygens (including phenoxy) is 1. The van der Waals surface area contributed by atoms with Crippen molar-refractivity contribution in [2.45, 2.75) is 57.2 Å². The Hall–Kier alpha value is -2.19. The molecule has 0 aliphatic carbocycles. The summed E-state index contributed by atoms with van der Waals surface area (Å²) in [6.07, 6.45) is 2.37. The normalized spacial score (nSPS) is 19.9. The second kappa shape index (κ2) is 11.2. The van der Waals surface area contributed by atoms with Gasteiger partial charge in [-0.15, -0.1) is 0 Å². The molecule has 6 nitrogen and oxygen atoms in total. The van der Waals surface area contributed by atoms with Gasteiger partial charge in [-0.2, -0.15) is 0 Å². The van der Waals surface area contributed by atoms with Crippen molar-refractivity contribution in [3.8, 4) is 5.75 Å². The van der Waals surface area contributed by atoms with Crippen molar-refractivity contribution in [1.82, 2.24) is 9.80 Å². The van der Waals surface area contributed by atoms with Crippen LogP contribution in [0.2, 0.25) is 0 Å². The van der Waals surface area contributed by atoms with E-state index in [1.54, 1.807) is 7.11 Å². The van der Waals surface area contributed by atoms with Crippen LogP contribution in [0, 0.1) is 13.8 Å². The van der Waals surface area contributed by atoms with Crippen LogP contribution in [0.5, 0.6) is 5.75 Å². The number of nitrogens with zero attached hydrogens (tertiary/aromatic N) is 2. The van der Waals surface area contributed by atoms with Gasteiger partial charge in [0.2, 0.25) is 0 Å². The van der Waals surface area contributed by atoms with E-state index in [9.17, 15) is 10.2 Å². The number of rotatable bonds is 6. The van der Waals surface area contributed by atoms with Gasteiger partial charge in [-0.25, -0.2) is 0 Å². The van der Waals surface area contributed by atoms with Gasteiger partial charge in [0.25, 0.3) is 0 Å². The van der Waals surface area contributed by atoms with Crippen molar-refractivity contribution in [2.75, 3.05) is 45.2 Å². The second-order valence-electron chi connectivity index (χ2n) is 10.2. The second-order valence-corrected chi connectivity index (χ2v) is 10.6. The minimum Gasteiger partial charge on any atom is -0.497 e. The van der Waals surface area contributed by atoms with Crippen molar-refractivity contribution in [1.29, 1.82) is 0 Å². The molecule has 2 heterocycles. The molecular weight excluding hydrogens is 458 g/mol. The number of aryl methyl sites for hydroxylation is 2. The van der Waals surface area contributed by atoms with Gasteiger partial charge in [0.05, 0.1) is 18.8 Å². The molecule has 3 N–H and O–H groups in total. The van der Waals surface area contributed by atoms with Crippen LogP contribution in [0.15, 0.2) is 42.5 Å². The Kier molecular flexibility index (Phi) is 8.32. The van der Waals surface area contributed by atoms with Crippen LogP contribution in [-0.4, -0.2) is 76.7 Å². The molecule has 0 amide bonds. The van der Waals surface area contributed by atoms with Crippen molar-refractivity contribution in [2.24, 2.45) is 0 Å². The average Bonchev–Trinajstić information content (AvgIpc) is 2.87. The number of β-amino-alcohol motifs (C(OH)–C–C–N with tert-alkyl or cyclic N) is 1. The topological polar surface area (TPSA) is 68.2 Å². The summed E-state index contributed by atoms with van der Waals surface area (Å²) in [6.45, 7) is 7.81. The van der Waals surface area contributed by atoms with Crippen molar-refractivity contribution < 1.29 is 14.9 Å². The number of anilines is 1. The number of hydrogen-bond donors (Lipinski definition) is 3. The maximum Gasteiger partial charge on any atom is 0.173 e. The minimum absolute atomic E-state index is 0.505. The molecule has 35 heavy (non-hydrogen) atoms. The van der Waals surface area contributed by atoms with Gasteiger partial charge in [-0.1, -0.05) is 18.2 Å². The van der Waals surface area contributed by atoms with Gasteiger partial charge in [-0.3, -0.25) is 0 Å². The lowest BCUT2D eigenvalue weighted by Crippen LogP contribution is -2.56. The highest BCUT2D eigenvalue weighted by Crippen LogP contribution is 2.31. The Balaban J connectivity index is 1.23. The van der Waals surface area contributed by atoms with E-state index in [0.29, 0.717) is 43.5 Å². The molecule has 4 rings (SSSR count). The summed E-state index contributed by atoms with van der Waals surface area (Å²) in [4.78, 5) is 4.38. The first-order valence-electron chi connectivity index (χ1n) is 12.7. The summed E-state index contributed by atoms with van der Waals surface area (Å²) in [5.41, 5.74) is 3.74. The summed E-state index contributed by atoms with van der Waals surface area (Å²) in [6, 6.07) is 14.6. The van der Waals surface area contributed by atoms with Crippen molar-refractivity contribution >= 4 is 23.0 Å². The lowest BCUT2D eigenvalue weighted by Gasteiger charge is -2.43. The number of likely N-dealkylation sites (tertiary alicyclic amines) is 2. The van der Waals surface area contributed by atoms with Gasteiger partial charge in [-0.05, 0) is 112 Å². The van der Waals surface area contributed by atoms with E-state index in [4.69, 9.17) is 17.0 Å². The highest BCUT2D eigenvalue weighted by Gasteiger charge is 2.40. The SMILES string of the molecule is COc1ccc(C2CCN(CC(O)C3(O)CCN(C(=S)Nc4ccc(C)c(C)c4)CC3)CC2)cc1. The summed E-state index contributed by atoms with van der Waals surface area (Å²) in [5, 5.41) is 26.2. The van der Waals surface area contributed by atoms with Crippen LogP contribution >= 0.6 is 12.2 Å². The Morgan fingerprint density at radius 3 is 2.31 bits per heavy atom. The van der Waals surface area contributed by atoms with E-state index < -0.39 is 11.7 Å². The summed E-state index contributed by atoms with van der Waals surface area (Å²) in [7, 11) is 1.69. The van der Waals surface area contributed by atoms with E-state index in [1.165, 1.54) is 16.7 Å². The van der Waals surface area contributed by atoms with E-state index in [2.05, 4.69) is 53.2 Å². The summed E-state index contributed by atoms with van der Waals surface area (Å²) >= 11 is 5.62. The number of benzene rings is 2. The third-order valence-corrected chi connectivity index (χ3v) is 8.26. The number of aliphatic hydroxyl groups is 2. The van der Waals surface area contributed by atoms with Crippen LogP contribution in [0.4, 0.5) is 5.69 Å². The first-order valence-corrected chi connectivity index (χ1v) is 13.1. The monoisotopic (exact) mass is 497 g/mol. The third kappa shape index (κ3) is 6.33. The van der Waals surface area contributed by atoms with Crippen LogP contribution < -0.4 is 10.1 Å². The lowest BCUT2D eigenvalue weighted by atomic mass is 9.84. The standard InChI is InChI=1S/C28H39N3O3S/c1-20-4-7-24(18-21(20)2)29-27(35)31-16-12-28(33,13-17-31)26(32)19-30-14-10-23(11-15-30)22-5-8-25(34-3)9-6-22/h4-9,18,23,26,32-33H,10-17,19H2,1-3H3,(H,29,35). The molecule has 2 aromatic rings. The van der Waals surface area contributed by atoms with Crippen LogP contribution in [0.3, 0.4) is 0 Å². The van der Waals surface area contributed by atoms with E-state index >= 15 is 0 Å². The van der Waals surface area contributed by atoms with Gasteiger partial charge in [0.15, 0.2) is 5.11 Å². The highest BCUT2D eigenvalue weighted by molar-refractivity contribution is 7.80. The number of hydrogen-bond acceptors (Lipinski definition) is 5. The Morgan fingerprint density at radius 2 is 1.71 bits per heavy atom. The Bertz CT molecular complexity index is 997. The summed E-state index contributed by atoms with van der Waals surface area (Å²) < 4.78 is 5.27. The zero-order valence-electron chi connectivity index (χ0n) is 21.2. The molecule has 190 valence electrons. The molecule has 2 aliphatic heterocycles. The molecule has 0 aromatic heterocycles. The summed E-state index contributed by atoms with van der Waals surface area (Å²) in [5.74, 6) is 1.42. The predicted octanol–water partition coefficient (Wildman–Crippen LogP) is 4.08. The molecule has 2 aliphatic rings. The van der Waals surface area contributed by atoms with E-state index in [1.807, 2.05) is 18.2 Å². The molecule has 2 aromatic carbocycles. The fourth-order valence-corrected chi connectivity index (χ4v) is 5.49. The zero-order valence-corrected chi connectivity index (χ0v) is 22.0. The van der Waals surface area contributed by atoms with Crippen LogP contribution in [0.25, 0.3) is 0 Å². The number of thiocarbonyl (C=S) groups is 1. The number of piperidine rings is 2. The fraction of sp³-hybridized carbons (Fsp3) is 0.536. The van der Waals surface area contributed by atoms with Gasteiger partial charge < -0.3 is 30.1 Å². The maximum absolute atomic E-state index is 11.2. The maximum atomic E-state index is 11.2. The Morgan fingerprint density at radius 1 is 1.06 bits per heavy atom. The van der Waals surface area contributed by atoms with Crippen molar-refractivity contribution in [3.05, 3.63) is 59.2 Å². The molecule has 2 saturated heterocycles. The smallest absolute Gasteiger partial charge is 0.173 e. The number of methoxy groups -OCH3 is 1. The van der Waals surface area contributed by atoms with Gasteiger partial charge in [0, 0.05) is 25.3 Å². The fourth-order valence-electron chi connectivity index (χ4n) is 5.19. The molecule has 0 radical (unpaired) electrons. The first kappa shape index (κ1) is 25.9. The molecule has 1 unspecified atom stereocenters. The molecule has 7 heteroatoms. The zero-order chi connectivity index (χ0) is 25.0. The predicted molar refractivity (Wildman–Crippen MR) is 145 cm³/mol. The van der Waals surface area contributed by atoms with Gasteiger partial charge in [0.1, 0.15) is 5.75 Å². The molecule has 0 spiro atoms. The van der Waals surface area contributed by atoms with Crippen LogP contribution in [-0.2, 0) is 0 Å². The molecular formula is C28H39N3O3S. The third-order valence-electron chi connectivity index (χ3n) is 7.90. The first-order chi connectivity index (χ1) is 16.8. The number of aliphatic hydroxyl groups excluding tert-OH is 1.